The first kappa shape index (κ1) is 11.5. The quantitative estimate of drug-likeness (QED) is 0.720. The van der Waals surface area contributed by atoms with Crippen molar-refractivity contribution in [2.24, 2.45) is 0 Å². The maximum absolute atomic E-state index is 9.88. The molecule has 1 N–H and O–H groups in total. The van der Waals surface area contributed by atoms with Crippen LogP contribution in [0.4, 0.5) is 0 Å². The topological polar surface area (TPSA) is 32.7 Å². The van der Waals surface area contributed by atoms with Crippen molar-refractivity contribution < 1.29 is 9.84 Å². The molecule has 2 unspecified atom stereocenters. The van der Waals surface area contributed by atoms with Crippen LogP contribution < -0.4 is 4.74 Å². The van der Waals surface area contributed by atoms with Gasteiger partial charge >= 0.3 is 0 Å². The van der Waals surface area contributed by atoms with Gasteiger partial charge in [-0.3, -0.25) is 0 Å². The number of hydrogen-bond donors (Lipinski definition) is 1. The maximum atomic E-state index is 9.88. The smallest absolute Gasteiger partial charge is 0.124 e. The van der Waals surface area contributed by atoms with Crippen LogP contribution in [-0.4, -0.2) is 35.8 Å². The summed E-state index contributed by atoms with van der Waals surface area (Å²) < 4.78 is 6.16. The third kappa shape index (κ3) is 1.52. The third-order valence-corrected chi connectivity index (χ3v) is 4.84. The average molecular weight is 257 g/mol. The Balaban J connectivity index is 1.93. The molecule has 0 fully saturated rings. The van der Waals surface area contributed by atoms with Crippen LogP contribution in [0.25, 0.3) is 0 Å². The molecule has 0 aromatic heterocycles. The first-order valence-corrected chi connectivity index (χ1v) is 7.04. The lowest BCUT2D eigenvalue weighted by Gasteiger charge is -2.35. The summed E-state index contributed by atoms with van der Waals surface area (Å²) in [5, 5.41) is 9.88. The summed E-state index contributed by atoms with van der Waals surface area (Å²) in [7, 11) is 2.17. The Bertz CT molecular complexity index is 554. The number of aliphatic hydroxyl groups is 1. The highest BCUT2D eigenvalue weighted by Crippen LogP contribution is 2.52. The van der Waals surface area contributed by atoms with Crippen LogP contribution in [0.3, 0.4) is 0 Å². The Morgan fingerprint density at radius 2 is 2.32 bits per heavy atom. The molecule has 2 aliphatic heterocycles. The van der Waals surface area contributed by atoms with Gasteiger partial charge in [0.25, 0.3) is 0 Å². The lowest BCUT2D eigenvalue weighted by Crippen LogP contribution is -2.42. The van der Waals surface area contributed by atoms with Crippen LogP contribution in [0.5, 0.6) is 5.75 Å². The molecule has 1 spiro atoms. The molecule has 3 aliphatic rings. The fraction of sp³-hybridized carbons (Fsp3) is 0.500. The Labute approximate surface area is 113 Å². The Morgan fingerprint density at radius 1 is 1.42 bits per heavy atom. The molecule has 0 saturated heterocycles. The summed E-state index contributed by atoms with van der Waals surface area (Å²) >= 11 is 0. The minimum atomic E-state index is -0.366. The van der Waals surface area contributed by atoms with Crippen LogP contribution in [0.1, 0.15) is 24.0 Å². The van der Waals surface area contributed by atoms with Gasteiger partial charge in [0.15, 0.2) is 0 Å². The zero-order valence-corrected chi connectivity index (χ0v) is 11.2. The van der Waals surface area contributed by atoms with Gasteiger partial charge in [0, 0.05) is 18.5 Å². The molecule has 3 atom stereocenters. The van der Waals surface area contributed by atoms with Crippen molar-refractivity contribution in [2.45, 2.75) is 37.0 Å². The van der Waals surface area contributed by atoms with Crippen LogP contribution in [0, 0.1) is 0 Å². The fourth-order valence-corrected chi connectivity index (χ4v) is 3.90. The molecule has 1 aromatic carbocycles. The van der Waals surface area contributed by atoms with E-state index in [-0.39, 0.29) is 17.6 Å². The van der Waals surface area contributed by atoms with Crippen molar-refractivity contribution in [3.05, 3.63) is 41.5 Å². The van der Waals surface area contributed by atoms with E-state index in [0.717, 1.165) is 25.3 Å². The molecule has 3 nitrogen and oxygen atoms in total. The van der Waals surface area contributed by atoms with E-state index in [4.69, 9.17) is 4.74 Å². The van der Waals surface area contributed by atoms with Crippen molar-refractivity contribution in [3.8, 4) is 5.75 Å². The van der Waals surface area contributed by atoms with Gasteiger partial charge in [0.2, 0.25) is 0 Å². The van der Waals surface area contributed by atoms with Crippen molar-refractivity contribution in [1.29, 1.82) is 0 Å². The van der Waals surface area contributed by atoms with E-state index in [2.05, 4.69) is 36.2 Å². The van der Waals surface area contributed by atoms with Gasteiger partial charge in [-0.25, -0.2) is 0 Å². The number of aliphatic hydroxyl groups excluding tert-OH is 1. The highest BCUT2D eigenvalue weighted by atomic mass is 16.5. The molecule has 4 rings (SSSR count). The molecular formula is C16H19NO2. The average Bonchev–Trinajstić information content (AvgIpc) is 2.63. The van der Waals surface area contributed by atoms with Gasteiger partial charge in [-0.2, -0.15) is 0 Å². The molecule has 0 saturated carbocycles. The fourth-order valence-electron chi connectivity index (χ4n) is 3.90. The standard InChI is InChI=1S/C16H19NO2/c1-17-8-7-16-6-5-12(18)9-14(16)19-13-4-2-3-11(10-17)15(13)16/h2-6,12,14,18H,7-10H2,1H3/t12?,14?,16-/m0/s1. The Hall–Kier alpha value is -1.32. The van der Waals surface area contributed by atoms with Gasteiger partial charge in [-0.1, -0.05) is 24.3 Å². The van der Waals surface area contributed by atoms with E-state index in [1.165, 1.54) is 11.1 Å². The second-order valence-electron chi connectivity index (χ2n) is 6.09. The van der Waals surface area contributed by atoms with E-state index in [9.17, 15) is 5.11 Å². The summed E-state index contributed by atoms with van der Waals surface area (Å²) in [6.07, 6.45) is 5.66. The molecular weight excluding hydrogens is 238 g/mol. The zero-order chi connectivity index (χ0) is 13.0. The minimum absolute atomic E-state index is 0.0179. The first-order chi connectivity index (χ1) is 9.19. The first-order valence-electron chi connectivity index (χ1n) is 7.04. The van der Waals surface area contributed by atoms with E-state index >= 15 is 0 Å². The second kappa shape index (κ2) is 3.84. The Morgan fingerprint density at radius 3 is 3.21 bits per heavy atom. The normalized spacial score (nSPS) is 36.3. The molecule has 0 radical (unpaired) electrons. The minimum Gasteiger partial charge on any atom is -0.489 e. The van der Waals surface area contributed by atoms with Gasteiger partial charge in [-0.05, 0) is 31.6 Å². The summed E-state index contributed by atoms with van der Waals surface area (Å²) in [5.74, 6) is 1.02. The predicted octanol–water partition coefficient (Wildman–Crippen LogP) is 1.84. The molecule has 3 heteroatoms. The van der Waals surface area contributed by atoms with Gasteiger partial charge < -0.3 is 14.7 Å². The highest BCUT2D eigenvalue weighted by Gasteiger charge is 2.51. The second-order valence-corrected chi connectivity index (χ2v) is 6.09. The molecule has 0 amide bonds. The summed E-state index contributed by atoms with van der Waals surface area (Å²) in [5.41, 5.74) is 2.73. The van der Waals surface area contributed by atoms with Crippen molar-refractivity contribution in [1.82, 2.24) is 4.90 Å². The Kier molecular flexibility index (Phi) is 2.32. The van der Waals surface area contributed by atoms with Crippen molar-refractivity contribution in [2.75, 3.05) is 13.6 Å². The zero-order valence-electron chi connectivity index (χ0n) is 11.2. The SMILES string of the molecule is CN1CC[C@@]23C=CC(O)CC2Oc2cccc(c23)C1. The van der Waals surface area contributed by atoms with Crippen LogP contribution in [0.2, 0.25) is 0 Å². The lowest BCUT2D eigenvalue weighted by molar-refractivity contribution is 0.0836. The maximum Gasteiger partial charge on any atom is 0.124 e. The van der Waals surface area contributed by atoms with Gasteiger partial charge in [0.05, 0.1) is 11.5 Å². The summed E-state index contributed by atoms with van der Waals surface area (Å²) in [4.78, 5) is 2.37. The van der Waals surface area contributed by atoms with E-state index in [1.54, 1.807) is 0 Å². The van der Waals surface area contributed by atoms with E-state index < -0.39 is 0 Å². The molecule has 0 bridgehead atoms. The molecule has 100 valence electrons. The van der Waals surface area contributed by atoms with Crippen LogP contribution in [-0.2, 0) is 12.0 Å². The van der Waals surface area contributed by atoms with Gasteiger partial charge in [-0.15, -0.1) is 0 Å². The largest absolute Gasteiger partial charge is 0.489 e. The molecule has 19 heavy (non-hydrogen) atoms. The third-order valence-electron chi connectivity index (χ3n) is 4.84. The number of rotatable bonds is 0. The molecule has 1 aromatic rings. The highest BCUT2D eigenvalue weighted by molar-refractivity contribution is 5.54. The van der Waals surface area contributed by atoms with Crippen molar-refractivity contribution in [3.63, 3.8) is 0 Å². The van der Waals surface area contributed by atoms with Crippen molar-refractivity contribution >= 4 is 0 Å². The molecule has 1 aliphatic carbocycles. The predicted molar refractivity (Wildman–Crippen MR) is 73.3 cm³/mol. The lowest BCUT2D eigenvalue weighted by atomic mass is 9.69. The van der Waals surface area contributed by atoms with Crippen LogP contribution in [0.15, 0.2) is 30.4 Å². The van der Waals surface area contributed by atoms with E-state index in [0.29, 0.717) is 6.42 Å². The molecule has 2 heterocycles. The van der Waals surface area contributed by atoms with Gasteiger partial charge in [0.1, 0.15) is 11.9 Å². The number of nitrogens with zero attached hydrogens (tertiary/aromatic N) is 1. The number of ether oxygens (including phenoxy) is 1. The number of hydrogen-bond acceptors (Lipinski definition) is 3. The summed E-state index contributed by atoms with van der Waals surface area (Å²) in [6.45, 7) is 2.05. The number of benzene rings is 1. The monoisotopic (exact) mass is 257 g/mol. The van der Waals surface area contributed by atoms with E-state index in [1.807, 2.05) is 6.08 Å². The summed E-state index contributed by atoms with van der Waals surface area (Å²) in [6, 6.07) is 6.37. The van der Waals surface area contributed by atoms with Crippen LogP contribution >= 0.6 is 0 Å².